The fraction of sp³-hybridized carbons (Fsp3) is 0.444. The lowest BCUT2D eigenvalue weighted by Gasteiger charge is -2.14. The molecule has 0 amide bonds. The van der Waals surface area contributed by atoms with Gasteiger partial charge in [-0.2, -0.15) is 0 Å². The predicted molar refractivity (Wildman–Crippen MR) is 45.4 cm³/mol. The van der Waals surface area contributed by atoms with Gasteiger partial charge >= 0.3 is 0 Å². The van der Waals surface area contributed by atoms with Gasteiger partial charge in [-0.05, 0) is 5.92 Å². The van der Waals surface area contributed by atoms with Crippen molar-refractivity contribution in [1.29, 1.82) is 0 Å². The van der Waals surface area contributed by atoms with Gasteiger partial charge in [0, 0.05) is 19.2 Å². The molecule has 2 atom stereocenters. The first-order chi connectivity index (χ1) is 4.84. The standard InChI is InChI=1S/C9H13N/c1-8-5-3-4-6-9(8)7-10-2/h3-9H,1-2H3/t8?,9-/m1/s1. The smallest absolute Gasteiger partial charge is 0.0273 e. The summed E-state index contributed by atoms with van der Waals surface area (Å²) in [6.45, 7) is 2.20. The van der Waals surface area contributed by atoms with E-state index in [0.717, 1.165) is 0 Å². The van der Waals surface area contributed by atoms with E-state index < -0.39 is 0 Å². The van der Waals surface area contributed by atoms with E-state index in [4.69, 9.17) is 0 Å². The molecule has 10 heavy (non-hydrogen) atoms. The topological polar surface area (TPSA) is 12.4 Å². The molecule has 1 aliphatic carbocycles. The van der Waals surface area contributed by atoms with Crippen LogP contribution in [0, 0.1) is 11.8 Å². The highest BCUT2D eigenvalue weighted by Crippen LogP contribution is 2.16. The molecule has 0 N–H and O–H groups in total. The molecule has 1 aliphatic rings. The Hall–Kier alpha value is -0.850. The summed E-state index contributed by atoms with van der Waals surface area (Å²) < 4.78 is 0. The summed E-state index contributed by atoms with van der Waals surface area (Å²) in [5.41, 5.74) is 0. The third-order valence-corrected chi connectivity index (χ3v) is 1.79. The largest absolute Gasteiger partial charge is 0.300 e. The minimum atomic E-state index is 0.509. The second-order valence-electron chi connectivity index (χ2n) is 2.61. The van der Waals surface area contributed by atoms with Gasteiger partial charge < -0.3 is 4.99 Å². The van der Waals surface area contributed by atoms with Crippen molar-refractivity contribution < 1.29 is 0 Å². The molecule has 0 saturated carbocycles. The van der Waals surface area contributed by atoms with E-state index in [1.165, 1.54) is 0 Å². The molecule has 1 rings (SSSR count). The maximum absolute atomic E-state index is 4.00. The van der Waals surface area contributed by atoms with Gasteiger partial charge in [-0.3, -0.25) is 0 Å². The van der Waals surface area contributed by atoms with Crippen LogP contribution in [0.2, 0.25) is 0 Å². The molecule has 0 radical (unpaired) electrons. The summed E-state index contributed by atoms with van der Waals surface area (Å²) in [5, 5.41) is 0. The molecule has 0 saturated heterocycles. The van der Waals surface area contributed by atoms with Crippen molar-refractivity contribution in [3.63, 3.8) is 0 Å². The fourth-order valence-corrected chi connectivity index (χ4v) is 1.09. The molecule has 1 unspecified atom stereocenters. The molecule has 0 aliphatic heterocycles. The highest BCUT2D eigenvalue weighted by Gasteiger charge is 2.09. The van der Waals surface area contributed by atoms with Crippen molar-refractivity contribution in [2.75, 3.05) is 7.05 Å². The predicted octanol–water partition coefficient (Wildman–Crippen LogP) is 2.07. The van der Waals surface area contributed by atoms with Crippen LogP contribution in [0.5, 0.6) is 0 Å². The zero-order chi connectivity index (χ0) is 7.40. The van der Waals surface area contributed by atoms with Crippen molar-refractivity contribution in [3.8, 4) is 0 Å². The molecule has 54 valence electrons. The third kappa shape index (κ3) is 1.56. The SMILES string of the molecule is CN=C[C@H]1C=CC=CC1C. The number of allylic oxidation sites excluding steroid dienone is 4. The first kappa shape index (κ1) is 7.26. The van der Waals surface area contributed by atoms with Gasteiger partial charge in [0.25, 0.3) is 0 Å². The van der Waals surface area contributed by atoms with E-state index in [-0.39, 0.29) is 0 Å². The summed E-state index contributed by atoms with van der Waals surface area (Å²) >= 11 is 0. The van der Waals surface area contributed by atoms with Crippen LogP contribution in [-0.2, 0) is 0 Å². The highest BCUT2D eigenvalue weighted by molar-refractivity contribution is 5.64. The van der Waals surface area contributed by atoms with Crippen molar-refractivity contribution in [3.05, 3.63) is 24.3 Å². The van der Waals surface area contributed by atoms with Crippen LogP contribution in [0.4, 0.5) is 0 Å². The number of hydrogen-bond acceptors (Lipinski definition) is 1. The molecule has 1 nitrogen and oxygen atoms in total. The van der Waals surface area contributed by atoms with Crippen LogP contribution in [-0.4, -0.2) is 13.3 Å². The van der Waals surface area contributed by atoms with Gasteiger partial charge in [0.2, 0.25) is 0 Å². The maximum Gasteiger partial charge on any atom is 0.0273 e. The summed E-state index contributed by atoms with van der Waals surface area (Å²) in [5.74, 6) is 1.11. The Kier molecular flexibility index (Phi) is 2.43. The second-order valence-corrected chi connectivity index (χ2v) is 2.61. The fourth-order valence-electron chi connectivity index (χ4n) is 1.09. The highest BCUT2D eigenvalue weighted by atomic mass is 14.6. The van der Waals surface area contributed by atoms with E-state index >= 15 is 0 Å². The molecule has 0 aromatic heterocycles. The van der Waals surface area contributed by atoms with Crippen LogP contribution in [0.1, 0.15) is 6.92 Å². The average Bonchev–Trinajstić information content (AvgIpc) is 1.94. The molecule has 0 heterocycles. The summed E-state index contributed by atoms with van der Waals surface area (Å²) in [7, 11) is 1.82. The van der Waals surface area contributed by atoms with Crippen molar-refractivity contribution in [2.45, 2.75) is 6.92 Å². The lowest BCUT2D eigenvalue weighted by Crippen LogP contribution is -2.09. The van der Waals surface area contributed by atoms with Gasteiger partial charge in [0.1, 0.15) is 0 Å². The van der Waals surface area contributed by atoms with Crippen LogP contribution in [0.15, 0.2) is 29.3 Å². The van der Waals surface area contributed by atoms with Gasteiger partial charge in [-0.15, -0.1) is 0 Å². The van der Waals surface area contributed by atoms with E-state index in [1.807, 2.05) is 13.3 Å². The Balaban J connectivity index is 2.61. The Morgan fingerprint density at radius 2 is 2.00 bits per heavy atom. The number of nitrogens with zero attached hydrogens (tertiary/aromatic N) is 1. The first-order valence-electron chi connectivity index (χ1n) is 3.62. The van der Waals surface area contributed by atoms with Crippen molar-refractivity contribution >= 4 is 6.21 Å². The monoisotopic (exact) mass is 135 g/mol. The normalized spacial score (nSPS) is 31.8. The quantitative estimate of drug-likeness (QED) is 0.488. The van der Waals surface area contributed by atoms with Gasteiger partial charge in [-0.1, -0.05) is 31.2 Å². The molecular weight excluding hydrogens is 122 g/mol. The molecule has 1 heteroatoms. The van der Waals surface area contributed by atoms with E-state index in [9.17, 15) is 0 Å². The van der Waals surface area contributed by atoms with Crippen molar-refractivity contribution in [1.82, 2.24) is 0 Å². The van der Waals surface area contributed by atoms with Crippen LogP contribution >= 0.6 is 0 Å². The molecule has 0 aromatic carbocycles. The Bertz CT molecular complexity index is 177. The molecule has 0 fully saturated rings. The number of aliphatic imine (C=N–C) groups is 1. The minimum Gasteiger partial charge on any atom is -0.300 e. The Morgan fingerprint density at radius 3 is 2.60 bits per heavy atom. The third-order valence-electron chi connectivity index (χ3n) is 1.79. The van der Waals surface area contributed by atoms with E-state index in [1.54, 1.807) is 0 Å². The zero-order valence-corrected chi connectivity index (χ0v) is 6.49. The van der Waals surface area contributed by atoms with Crippen LogP contribution in [0.3, 0.4) is 0 Å². The van der Waals surface area contributed by atoms with Gasteiger partial charge in [0.05, 0.1) is 0 Å². The number of rotatable bonds is 1. The van der Waals surface area contributed by atoms with Crippen LogP contribution in [0.25, 0.3) is 0 Å². The van der Waals surface area contributed by atoms with E-state index in [2.05, 4.69) is 36.2 Å². The average molecular weight is 135 g/mol. The summed E-state index contributed by atoms with van der Waals surface area (Å²) in [4.78, 5) is 4.00. The van der Waals surface area contributed by atoms with Gasteiger partial charge in [-0.25, -0.2) is 0 Å². The second kappa shape index (κ2) is 3.35. The molecule has 0 aromatic rings. The lowest BCUT2D eigenvalue weighted by atomic mass is 9.91. The Labute approximate surface area is 62.2 Å². The summed E-state index contributed by atoms with van der Waals surface area (Å²) in [6, 6.07) is 0. The lowest BCUT2D eigenvalue weighted by molar-refractivity contribution is 0.645. The van der Waals surface area contributed by atoms with E-state index in [0.29, 0.717) is 11.8 Å². The molecular formula is C9H13N. The van der Waals surface area contributed by atoms with Crippen LogP contribution < -0.4 is 0 Å². The van der Waals surface area contributed by atoms with Crippen molar-refractivity contribution in [2.24, 2.45) is 16.8 Å². The summed E-state index contributed by atoms with van der Waals surface area (Å²) in [6.07, 6.45) is 10.5. The Morgan fingerprint density at radius 1 is 1.30 bits per heavy atom. The van der Waals surface area contributed by atoms with Gasteiger partial charge in [0.15, 0.2) is 0 Å². The number of hydrogen-bond donors (Lipinski definition) is 0. The molecule has 0 spiro atoms. The maximum atomic E-state index is 4.00. The first-order valence-corrected chi connectivity index (χ1v) is 3.62. The zero-order valence-electron chi connectivity index (χ0n) is 6.49. The molecule has 0 bridgehead atoms. The minimum absolute atomic E-state index is 0.509.